The summed E-state index contributed by atoms with van der Waals surface area (Å²) in [6.07, 6.45) is 3.79. The van der Waals surface area contributed by atoms with E-state index < -0.39 is 0 Å². The lowest BCUT2D eigenvalue weighted by molar-refractivity contribution is -0.127. The minimum atomic E-state index is -0.0121. The van der Waals surface area contributed by atoms with Crippen molar-refractivity contribution < 1.29 is 14.1 Å². The van der Waals surface area contributed by atoms with Gasteiger partial charge in [-0.05, 0) is 69.0 Å². The van der Waals surface area contributed by atoms with E-state index in [4.69, 9.17) is 9.26 Å². The van der Waals surface area contributed by atoms with Gasteiger partial charge in [0.15, 0.2) is 0 Å². The lowest BCUT2D eigenvalue weighted by Crippen LogP contribution is -2.45. The minimum absolute atomic E-state index is 0.0121. The van der Waals surface area contributed by atoms with Crippen molar-refractivity contribution in [3.05, 3.63) is 66.1 Å². The fourth-order valence-corrected chi connectivity index (χ4v) is 4.24. The standard InChI is InChI=1S/C26H32N4O3/c1-19(10-11-20-7-4-3-5-8-20)27-26(31)22-9-6-16-30(17-22)18-24-28-25(29-33-24)21-12-14-23(32-2)15-13-21/h3-5,7-8,12-15,19,22H,6,9-11,16-18H2,1-2H3,(H,27,31). The second-order valence-corrected chi connectivity index (χ2v) is 8.75. The highest BCUT2D eigenvalue weighted by Gasteiger charge is 2.27. The summed E-state index contributed by atoms with van der Waals surface area (Å²) in [5.41, 5.74) is 2.18. The number of amides is 1. The first-order chi connectivity index (χ1) is 16.1. The van der Waals surface area contributed by atoms with Gasteiger partial charge in [0, 0.05) is 18.2 Å². The topological polar surface area (TPSA) is 80.5 Å². The third kappa shape index (κ3) is 6.42. The Morgan fingerprint density at radius 3 is 2.76 bits per heavy atom. The van der Waals surface area contributed by atoms with Gasteiger partial charge < -0.3 is 14.6 Å². The molecule has 7 heteroatoms. The summed E-state index contributed by atoms with van der Waals surface area (Å²) in [5.74, 6) is 2.05. The molecule has 2 heterocycles. The Kier molecular flexibility index (Phi) is 7.73. The zero-order valence-corrected chi connectivity index (χ0v) is 19.4. The van der Waals surface area contributed by atoms with Crippen LogP contribution in [-0.2, 0) is 17.8 Å². The number of ether oxygens (including phenoxy) is 1. The highest BCUT2D eigenvalue weighted by atomic mass is 16.5. The fourth-order valence-electron chi connectivity index (χ4n) is 4.24. The van der Waals surface area contributed by atoms with Crippen molar-refractivity contribution >= 4 is 5.91 Å². The molecule has 2 atom stereocenters. The normalized spacial score (nSPS) is 17.5. The number of likely N-dealkylation sites (tertiary alicyclic amines) is 1. The van der Waals surface area contributed by atoms with Crippen LogP contribution < -0.4 is 10.1 Å². The Balaban J connectivity index is 1.26. The van der Waals surface area contributed by atoms with Crippen molar-refractivity contribution in [2.24, 2.45) is 5.92 Å². The Bertz CT molecular complexity index is 1020. The molecule has 4 rings (SSSR count). The van der Waals surface area contributed by atoms with Crippen LogP contribution in [0.2, 0.25) is 0 Å². The van der Waals surface area contributed by atoms with E-state index >= 15 is 0 Å². The van der Waals surface area contributed by atoms with E-state index in [1.54, 1.807) is 7.11 Å². The largest absolute Gasteiger partial charge is 0.497 e. The first kappa shape index (κ1) is 23.0. The minimum Gasteiger partial charge on any atom is -0.497 e. The van der Waals surface area contributed by atoms with Crippen LogP contribution in [0, 0.1) is 5.92 Å². The number of benzene rings is 2. The summed E-state index contributed by atoms with van der Waals surface area (Å²) in [6.45, 7) is 4.27. The molecule has 33 heavy (non-hydrogen) atoms. The number of carbonyl (C=O) groups is 1. The third-order valence-corrected chi connectivity index (χ3v) is 6.15. The molecule has 7 nitrogen and oxygen atoms in total. The second kappa shape index (κ2) is 11.1. The number of aryl methyl sites for hydroxylation is 1. The SMILES string of the molecule is COc1ccc(-c2noc(CN3CCCC(C(=O)NC(C)CCc4ccccc4)C3)n2)cc1. The lowest BCUT2D eigenvalue weighted by Gasteiger charge is -2.31. The molecular formula is C26H32N4O3. The number of nitrogens with one attached hydrogen (secondary N) is 1. The van der Waals surface area contributed by atoms with Gasteiger partial charge in [-0.2, -0.15) is 4.98 Å². The maximum Gasteiger partial charge on any atom is 0.241 e. The molecule has 0 radical (unpaired) electrons. The smallest absolute Gasteiger partial charge is 0.241 e. The number of methoxy groups -OCH3 is 1. The van der Waals surface area contributed by atoms with Gasteiger partial charge in [0.1, 0.15) is 5.75 Å². The van der Waals surface area contributed by atoms with Gasteiger partial charge in [0.05, 0.1) is 19.6 Å². The Hall–Kier alpha value is -3.19. The van der Waals surface area contributed by atoms with E-state index in [1.165, 1.54) is 5.56 Å². The molecule has 0 bridgehead atoms. The van der Waals surface area contributed by atoms with Crippen LogP contribution in [0.1, 0.15) is 37.6 Å². The number of piperidine rings is 1. The van der Waals surface area contributed by atoms with Crippen molar-refractivity contribution in [1.82, 2.24) is 20.4 Å². The molecule has 1 aliphatic heterocycles. The van der Waals surface area contributed by atoms with Gasteiger partial charge in [-0.3, -0.25) is 9.69 Å². The third-order valence-electron chi connectivity index (χ3n) is 6.15. The molecule has 1 amide bonds. The van der Waals surface area contributed by atoms with Crippen LogP contribution >= 0.6 is 0 Å². The molecule has 1 aliphatic rings. The Morgan fingerprint density at radius 1 is 1.21 bits per heavy atom. The number of hydrogen-bond acceptors (Lipinski definition) is 6. The fraction of sp³-hybridized carbons (Fsp3) is 0.423. The summed E-state index contributed by atoms with van der Waals surface area (Å²) >= 11 is 0. The monoisotopic (exact) mass is 448 g/mol. The van der Waals surface area contributed by atoms with E-state index in [1.807, 2.05) is 30.3 Å². The van der Waals surface area contributed by atoms with Gasteiger partial charge in [0.2, 0.25) is 17.6 Å². The molecule has 0 saturated carbocycles. The van der Waals surface area contributed by atoms with Crippen molar-refractivity contribution in [1.29, 1.82) is 0 Å². The molecule has 2 unspecified atom stereocenters. The van der Waals surface area contributed by atoms with Crippen molar-refractivity contribution in [3.8, 4) is 17.1 Å². The lowest BCUT2D eigenvalue weighted by atomic mass is 9.96. The Morgan fingerprint density at radius 2 is 2.00 bits per heavy atom. The van der Waals surface area contributed by atoms with Crippen LogP contribution in [0.25, 0.3) is 11.4 Å². The van der Waals surface area contributed by atoms with Crippen LogP contribution in [0.4, 0.5) is 0 Å². The first-order valence-electron chi connectivity index (χ1n) is 11.6. The summed E-state index contributed by atoms with van der Waals surface area (Å²) < 4.78 is 10.7. The summed E-state index contributed by atoms with van der Waals surface area (Å²) in [4.78, 5) is 19.6. The summed E-state index contributed by atoms with van der Waals surface area (Å²) in [7, 11) is 1.64. The molecule has 1 fully saturated rings. The predicted molar refractivity (Wildman–Crippen MR) is 127 cm³/mol. The summed E-state index contributed by atoms with van der Waals surface area (Å²) in [6, 6.07) is 18.1. The van der Waals surface area contributed by atoms with Crippen LogP contribution in [-0.4, -0.2) is 47.2 Å². The highest BCUT2D eigenvalue weighted by Crippen LogP contribution is 2.22. The molecule has 2 aromatic carbocycles. The summed E-state index contributed by atoms with van der Waals surface area (Å²) in [5, 5.41) is 7.33. The van der Waals surface area contributed by atoms with Gasteiger partial charge >= 0.3 is 0 Å². The van der Waals surface area contributed by atoms with Crippen LogP contribution in [0.5, 0.6) is 5.75 Å². The maximum atomic E-state index is 12.9. The number of carbonyl (C=O) groups excluding carboxylic acids is 1. The van der Waals surface area contributed by atoms with E-state index in [0.717, 1.165) is 43.5 Å². The zero-order valence-electron chi connectivity index (χ0n) is 19.4. The molecule has 1 aromatic heterocycles. The highest BCUT2D eigenvalue weighted by molar-refractivity contribution is 5.79. The van der Waals surface area contributed by atoms with Gasteiger partial charge in [-0.1, -0.05) is 35.5 Å². The molecule has 1 saturated heterocycles. The quantitative estimate of drug-likeness (QED) is 0.531. The molecule has 0 spiro atoms. The predicted octanol–water partition coefficient (Wildman–Crippen LogP) is 4.09. The maximum absolute atomic E-state index is 12.9. The number of aromatic nitrogens is 2. The van der Waals surface area contributed by atoms with Crippen molar-refractivity contribution in [3.63, 3.8) is 0 Å². The molecule has 1 N–H and O–H groups in total. The average molecular weight is 449 g/mol. The van der Waals surface area contributed by atoms with Gasteiger partial charge in [0.25, 0.3) is 0 Å². The number of hydrogen-bond donors (Lipinski definition) is 1. The first-order valence-corrected chi connectivity index (χ1v) is 11.6. The van der Waals surface area contributed by atoms with Crippen LogP contribution in [0.15, 0.2) is 59.1 Å². The second-order valence-electron chi connectivity index (χ2n) is 8.75. The molecule has 0 aliphatic carbocycles. The molecular weight excluding hydrogens is 416 g/mol. The van der Waals surface area contributed by atoms with E-state index in [0.29, 0.717) is 24.8 Å². The van der Waals surface area contributed by atoms with E-state index in [9.17, 15) is 4.79 Å². The van der Waals surface area contributed by atoms with E-state index in [-0.39, 0.29) is 17.9 Å². The zero-order chi connectivity index (χ0) is 23.0. The molecule has 174 valence electrons. The van der Waals surface area contributed by atoms with Crippen LogP contribution in [0.3, 0.4) is 0 Å². The van der Waals surface area contributed by atoms with Crippen molar-refractivity contribution in [2.45, 2.75) is 45.2 Å². The Labute approximate surface area is 195 Å². The van der Waals surface area contributed by atoms with Gasteiger partial charge in [-0.25, -0.2) is 0 Å². The van der Waals surface area contributed by atoms with Crippen molar-refractivity contribution in [2.75, 3.05) is 20.2 Å². The van der Waals surface area contributed by atoms with E-state index in [2.05, 4.69) is 51.5 Å². The average Bonchev–Trinajstić information content (AvgIpc) is 3.32. The number of nitrogens with zero attached hydrogens (tertiary/aromatic N) is 3. The number of rotatable bonds is 9. The van der Waals surface area contributed by atoms with Gasteiger partial charge in [-0.15, -0.1) is 0 Å². The molecule has 3 aromatic rings.